The van der Waals surface area contributed by atoms with E-state index in [-0.39, 0.29) is 17.7 Å². The lowest BCUT2D eigenvalue weighted by Gasteiger charge is -2.32. The van der Waals surface area contributed by atoms with Crippen LogP contribution < -0.4 is 5.32 Å². The molecule has 2 heterocycles. The first-order valence-corrected chi connectivity index (χ1v) is 13.1. The van der Waals surface area contributed by atoms with Crippen molar-refractivity contribution in [3.05, 3.63) is 106 Å². The summed E-state index contributed by atoms with van der Waals surface area (Å²) in [7, 11) is 0. The van der Waals surface area contributed by atoms with Gasteiger partial charge in [-0.05, 0) is 66.8 Å². The molecule has 0 atom stereocenters. The Morgan fingerprint density at radius 1 is 0.921 bits per heavy atom. The van der Waals surface area contributed by atoms with E-state index in [2.05, 4.69) is 16.3 Å². The summed E-state index contributed by atoms with van der Waals surface area (Å²) in [5.74, 6) is 0.243. The molecule has 1 aromatic heterocycles. The summed E-state index contributed by atoms with van der Waals surface area (Å²) < 4.78 is 5.83. The maximum absolute atomic E-state index is 12.9. The number of nitriles is 1. The van der Waals surface area contributed by atoms with Gasteiger partial charge in [0.2, 0.25) is 0 Å². The predicted octanol–water partition coefficient (Wildman–Crippen LogP) is 5.36. The molecule has 192 valence electrons. The Hall–Kier alpha value is -4.21. The van der Waals surface area contributed by atoms with E-state index in [0.29, 0.717) is 29.7 Å². The van der Waals surface area contributed by atoms with E-state index in [9.17, 15) is 9.59 Å². The Bertz CT molecular complexity index is 1470. The zero-order valence-corrected chi connectivity index (χ0v) is 21.6. The molecule has 4 aromatic rings. The lowest BCUT2D eigenvalue weighted by atomic mass is 10.0. The molecule has 1 fully saturated rings. The normalized spacial score (nSPS) is 14.3. The van der Waals surface area contributed by atoms with Gasteiger partial charge in [0.05, 0.1) is 11.6 Å². The molecular formula is C32H31N3O3. The maximum atomic E-state index is 12.9. The number of hydrogen-bond donors (Lipinski definition) is 1. The van der Waals surface area contributed by atoms with E-state index < -0.39 is 0 Å². The average Bonchev–Trinajstić information content (AvgIpc) is 3.35. The first-order valence-electron chi connectivity index (χ1n) is 13.1. The lowest BCUT2D eigenvalue weighted by molar-refractivity contribution is -0.117. The van der Waals surface area contributed by atoms with Gasteiger partial charge in [-0.2, -0.15) is 5.26 Å². The number of Topliss-reactive ketones (excluding diaryl/α,β-unsaturated/α-hetero) is 1. The molecule has 5 rings (SSSR count). The van der Waals surface area contributed by atoms with Crippen molar-refractivity contribution in [2.45, 2.75) is 45.2 Å². The Kier molecular flexibility index (Phi) is 7.67. The van der Waals surface area contributed by atoms with Crippen LogP contribution in [0.15, 0.2) is 77.2 Å². The van der Waals surface area contributed by atoms with E-state index in [1.807, 2.05) is 73.7 Å². The lowest BCUT2D eigenvalue weighted by Crippen LogP contribution is -2.44. The first kappa shape index (κ1) is 25.4. The van der Waals surface area contributed by atoms with Gasteiger partial charge in [-0.1, -0.05) is 48.0 Å². The van der Waals surface area contributed by atoms with Crippen LogP contribution in [-0.4, -0.2) is 35.7 Å². The third-order valence-corrected chi connectivity index (χ3v) is 7.14. The molecule has 0 bridgehead atoms. The van der Waals surface area contributed by atoms with Crippen molar-refractivity contribution in [1.82, 2.24) is 10.2 Å². The molecule has 1 N–H and O–H groups in total. The third-order valence-electron chi connectivity index (χ3n) is 7.14. The minimum Gasteiger partial charge on any atom is -0.451 e. The topological polar surface area (TPSA) is 86.3 Å². The van der Waals surface area contributed by atoms with Gasteiger partial charge in [-0.3, -0.25) is 14.5 Å². The number of furan rings is 1. The van der Waals surface area contributed by atoms with Crippen molar-refractivity contribution in [2.24, 2.45) is 0 Å². The summed E-state index contributed by atoms with van der Waals surface area (Å²) in [6, 6.07) is 25.4. The number of rotatable bonds is 8. The van der Waals surface area contributed by atoms with Crippen molar-refractivity contribution in [3.8, 4) is 6.07 Å². The third kappa shape index (κ3) is 6.37. The second-order valence-corrected chi connectivity index (χ2v) is 10.2. The SMILES string of the molecule is Cc1ccc(CC(=O)Cc2ccc3oc(C(=O)NC4CCN(Cc5ccc(C#N)cc5)CC4)cc3c2)cc1. The smallest absolute Gasteiger partial charge is 0.287 e. The molecule has 38 heavy (non-hydrogen) atoms. The van der Waals surface area contributed by atoms with Crippen LogP contribution >= 0.6 is 0 Å². The largest absolute Gasteiger partial charge is 0.451 e. The maximum Gasteiger partial charge on any atom is 0.287 e. The number of carbonyl (C=O) groups is 2. The Balaban J connectivity index is 1.13. The molecule has 6 nitrogen and oxygen atoms in total. The molecule has 1 amide bonds. The molecule has 0 unspecified atom stereocenters. The number of ketones is 1. The summed E-state index contributed by atoms with van der Waals surface area (Å²) in [6.45, 7) is 4.66. The average molecular weight is 506 g/mol. The van der Waals surface area contributed by atoms with Crippen LogP contribution in [0.5, 0.6) is 0 Å². The second kappa shape index (κ2) is 11.5. The highest BCUT2D eigenvalue weighted by molar-refractivity contribution is 5.96. The summed E-state index contributed by atoms with van der Waals surface area (Å²) in [4.78, 5) is 27.9. The monoisotopic (exact) mass is 505 g/mol. The van der Waals surface area contributed by atoms with Gasteiger partial charge in [-0.15, -0.1) is 0 Å². The number of piperidine rings is 1. The molecule has 0 spiro atoms. The van der Waals surface area contributed by atoms with Crippen molar-refractivity contribution >= 4 is 22.7 Å². The highest BCUT2D eigenvalue weighted by Gasteiger charge is 2.23. The number of amides is 1. The van der Waals surface area contributed by atoms with Gasteiger partial charge in [0.15, 0.2) is 5.76 Å². The Morgan fingerprint density at radius 2 is 1.58 bits per heavy atom. The van der Waals surface area contributed by atoms with E-state index in [0.717, 1.165) is 49.0 Å². The predicted molar refractivity (Wildman–Crippen MR) is 147 cm³/mol. The molecule has 0 aliphatic carbocycles. The molecule has 1 aliphatic heterocycles. The van der Waals surface area contributed by atoms with Crippen LogP contribution in [0.2, 0.25) is 0 Å². The van der Waals surface area contributed by atoms with Gasteiger partial charge >= 0.3 is 0 Å². The fourth-order valence-corrected chi connectivity index (χ4v) is 4.97. The summed E-state index contributed by atoms with van der Waals surface area (Å²) in [5.41, 5.74) is 5.60. The number of benzene rings is 3. The highest BCUT2D eigenvalue weighted by atomic mass is 16.3. The number of hydrogen-bond acceptors (Lipinski definition) is 5. The minimum absolute atomic E-state index is 0.0999. The second-order valence-electron chi connectivity index (χ2n) is 10.2. The molecular weight excluding hydrogens is 474 g/mol. The standard InChI is InChI=1S/C32H31N3O3/c1-22-2-4-23(5-3-22)17-29(36)18-26-10-11-30-27(16-26)19-31(38-30)32(37)34-28-12-14-35(15-13-28)21-25-8-6-24(20-33)7-9-25/h2-11,16,19,28H,12-15,17-18,21H2,1H3,(H,34,37). The van der Waals surface area contributed by atoms with Crippen molar-refractivity contribution in [2.75, 3.05) is 13.1 Å². The minimum atomic E-state index is -0.205. The number of likely N-dealkylation sites (tertiary alicyclic amines) is 1. The van der Waals surface area contributed by atoms with Crippen LogP contribution in [0.25, 0.3) is 11.0 Å². The molecule has 1 saturated heterocycles. The van der Waals surface area contributed by atoms with E-state index in [4.69, 9.17) is 9.68 Å². The molecule has 1 aliphatic rings. The van der Waals surface area contributed by atoms with Crippen LogP contribution in [0, 0.1) is 18.3 Å². The number of fused-ring (bicyclic) bond motifs is 1. The van der Waals surface area contributed by atoms with E-state index in [1.165, 1.54) is 11.1 Å². The highest BCUT2D eigenvalue weighted by Crippen LogP contribution is 2.22. The van der Waals surface area contributed by atoms with E-state index in [1.54, 1.807) is 6.07 Å². The van der Waals surface area contributed by atoms with Gasteiger partial charge in [-0.25, -0.2) is 0 Å². The van der Waals surface area contributed by atoms with Crippen LogP contribution in [-0.2, 0) is 24.2 Å². The number of aryl methyl sites for hydroxylation is 1. The van der Waals surface area contributed by atoms with Crippen LogP contribution in [0.4, 0.5) is 0 Å². The van der Waals surface area contributed by atoms with E-state index >= 15 is 0 Å². The van der Waals surface area contributed by atoms with Crippen molar-refractivity contribution in [1.29, 1.82) is 5.26 Å². The quantitative estimate of drug-likeness (QED) is 0.348. The van der Waals surface area contributed by atoms with Gasteiger partial charge in [0.25, 0.3) is 5.91 Å². The summed E-state index contributed by atoms with van der Waals surface area (Å²) >= 11 is 0. The zero-order chi connectivity index (χ0) is 26.5. The number of nitrogens with zero attached hydrogens (tertiary/aromatic N) is 2. The van der Waals surface area contributed by atoms with Crippen molar-refractivity contribution in [3.63, 3.8) is 0 Å². The molecule has 0 radical (unpaired) electrons. The number of carbonyl (C=O) groups excluding carboxylic acids is 2. The molecule has 3 aromatic carbocycles. The Labute approximate surface area is 222 Å². The first-order chi connectivity index (χ1) is 18.4. The van der Waals surface area contributed by atoms with Crippen molar-refractivity contribution < 1.29 is 14.0 Å². The molecule has 6 heteroatoms. The number of nitrogens with one attached hydrogen (secondary N) is 1. The van der Waals surface area contributed by atoms with Crippen LogP contribution in [0.1, 0.15) is 51.2 Å². The van der Waals surface area contributed by atoms with Gasteiger partial charge in [0, 0.05) is 43.9 Å². The zero-order valence-electron chi connectivity index (χ0n) is 21.6. The van der Waals surface area contributed by atoms with Gasteiger partial charge < -0.3 is 9.73 Å². The fraction of sp³-hybridized carbons (Fsp3) is 0.281. The fourth-order valence-electron chi connectivity index (χ4n) is 4.97. The Morgan fingerprint density at radius 3 is 2.29 bits per heavy atom. The summed E-state index contributed by atoms with van der Waals surface area (Å²) in [6.07, 6.45) is 2.49. The molecule has 0 saturated carbocycles. The van der Waals surface area contributed by atoms with Gasteiger partial charge in [0.1, 0.15) is 11.4 Å². The van der Waals surface area contributed by atoms with Crippen LogP contribution in [0.3, 0.4) is 0 Å². The summed E-state index contributed by atoms with van der Waals surface area (Å²) in [5, 5.41) is 12.9.